The molecule has 0 amide bonds. The van der Waals surface area contributed by atoms with Gasteiger partial charge in [0, 0.05) is 5.92 Å². The number of ketones is 1. The number of allylic oxidation sites excluding steroid dienone is 6. The Morgan fingerprint density at radius 1 is 0.710 bits per heavy atom. The van der Waals surface area contributed by atoms with Crippen molar-refractivity contribution in [3.05, 3.63) is 95.6 Å². The molecular weight excluding hydrogens is 376 g/mol. The predicted molar refractivity (Wildman–Crippen MR) is 125 cm³/mol. The third-order valence-electron chi connectivity index (χ3n) is 9.73. The summed E-state index contributed by atoms with van der Waals surface area (Å²) in [7, 11) is 0. The van der Waals surface area contributed by atoms with E-state index in [4.69, 9.17) is 0 Å². The molecule has 8 atom stereocenters. The van der Waals surface area contributed by atoms with Crippen LogP contribution in [0.4, 0.5) is 0 Å². The van der Waals surface area contributed by atoms with Gasteiger partial charge in [0.1, 0.15) is 0 Å². The van der Waals surface area contributed by atoms with Crippen molar-refractivity contribution >= 4 is 16.9 Å². The molecule has 1 nitrogen and oxygen atoms in total. The van der Waals surface area contributed by atoms with E-state index >= 15 is 0 Å². The van der Waals surface area contributed by atoms with Crippen molar-refractivity contribution in [1.82, 2.24) is 0 Å². The number of Topliss-reactive ketones (excluding diaryl/α,β-unsaturated/α-hetero) is 1. The van der Waals surface area contributed by atoms with Crippen molar-refractivity contribution in [2.75, 3.05) is 0 Å². The first-order valence-electron chi connectivity index (χ1n) is 11.8. The molecule has 2 fully saturated rings. The summed E-state index contributed by atoms with van der Waals surface area (Å²) < 4.78 is 0. The number of hydrogen-bond donors (Lipinski definition) is 0. The van der Waals surface area contributed by atoms with E-state index < -0.39 is 10.8 Å². The number of fused-ring (bicyclic) bond motifs is 5. The largest absolute Gasteiger partial charge is 0.298 e. The van der Waals surface area contributed by atoms with Crippen LogP contribution in [0, 0.1) is 46.3 Å². The van der Waals surface area contributed by atoms with Crippen molar-refractivity contribution < 1.29 is 4.79 Å². The van der Waals surface area contributed by atoms with Crippen molar-refractivity contribution in [2.45, 2.75) is 20.8 Å². The summed E-state index contributed by atoms with van der Waals surface area (Å²) in [4.78, 5) is 14.4. The topological polar surface area (TPSA) is 17.1 Å². The van der Waals surface area contributed by atoms with E-state index in [-0.39, 0.29) is 0 Å². The normalized spacial score (nSPS) is 43.6. The first-order chi connectivity index (χ1) is 15.0. The van der Waals surface area contributed by atoms with Gasteiger partial charge in [-0.05, 0) is 72.6 Å². The van der Waals surface area contributed by atoms with E-state index in [0.29, 0.717) is 41.3 Å². The highest BCUT2D eigenvalue weighted by atomic mass is 16.1. The van der Waals surface area contributed by atoms with Gasteiger partial charge >= 0.3 is 0 Å². The Morgan fingerprint density at radius 2 is 1.23 bits per heavy atom. The second-order valence-corrected chi connectivity index (χ2v) is 10.8. The molecule has 0 saturated heterocycles. The summed E-state index contributed by atoms with van der Waals surface area (Å²) in [6.07, 6.45) is 7.37. The van der Waals surface area contributed by atoms with Crippen LogP contribution in [0.2, 0.25) is 0 Å². The maximum atomic E-state index is 14.4. The van der Waals surface area contributed by atoms with Gasteiger partial charge in [-0.3, -0.25) is 4.79 Å². The van der Waals surface area contributed by atoms with Gasteiger partial charge in [0.05, 0.1) is 10.8 Å². The first kappa shape index (κ1) is 18.0. The summed E-state index contributed by atoms with van der Waals surface area (Å²) in [5.41, 5.74) is 5.78. The number of hydrogen-bond acceptors (Lipinski definition) is 1. The van der Waals surface area contributed by atoms with Gasteiger partial charge in [-0.15, -0.1) is 0 Å². The summed E-state index contributed by atoms with van der Waals surface area (Å²) >= 11 is 0. The molecule has 0 heterocycles. The third-order valence-corrected chi connectivity index (χ3v) is 9.73. The van der Waals surface area contributed by atoms with Gasteiger partial charge in [-0.25, -0.2) is 0 Å². The van der Waals surface area contributed by atoms with Crippen molar-refractivity contribution in [1.29, 1.82) is 0 Å². The summed E-state index contributed by atoms with van der Waals surface area (Å²) in [5, 5.41) is 0. The van der Waals surface area contributed by atoms with Crippen LogP contribution in [-0.4, -0.2) is 5.78 Å². The lowest BCUT2D eigenvalue weighted by atomic mass is 9.37. The van der Waals surface area contributed by atoms with Crippen molar-refractivity contribution in [3.63, 3.8) is 0 Å². The monoisotopic (exact) mass is 404 g/mol. The lowest BCUT2D eigenvalue weighted by molar-refractivity contribution is -0.127. The first-order valence-corrected chi connectivity index (χ1v) is 11.8. The lowest BCUT2D eigenvalue weighted by Crippen LogP contribution is -2.61. The second-order valence-electron chi connectivity index (χ2n) is 10.8. The number of benzene rings is 2. The summed E-state index contributed by atoms with van der Waals surface area (Å²) in [6.45, 7) is 6.88. The van der Waals surface area contributed by atoms with Gasteiger partial charge in [-0.2, -0.15) is 0 Å². The highest BCUT2D eigenvalue weighted by Crippen LogP contribution is 2.82. The van der Waals surface area contributed by atoms with Crippen molar-refractivity contribution in [2.24, 2.45) is 46.3 Å². The smallest absolute Gasteiger partial charge is 0.153 e. The third kappa shape index (κ3) is 1.81. The van der Waals surface area contributed by atoms with Crippen LogP contribution in [0.5, 0.6) is 0 Å². The molecule has 1 heteroatoms. The molecule has 0 radical (unpaired) electrons. The average Bonchev–Trinajstić information content (AvgIpc) is 3.03. The maximum absolute atomic E-state index is 14.4. The Hall–Kier alpha value is -2.67. The molecule has 154 valence electrons. The van der Waals surface area contributed by atoms with Gasteiger partial charge in [0.25, 0.3) is 0 Å². The highest BCUT2D eigenvalue weighted by molar-refractivity contribution is 6.23. The minimum atomic E-state index is -0.404. The standard InChI is InChI=1S/C30H28O/c1-17-16-20-14-15-21(17)23-22(20)26-27(23)30(3)25(19-12-8-5-9-13-19)24(29(26,2)28(30)31)18-10-6-4-7-11-18/h4-16,20-23,26-27H,1-3H3/t20-,21-,22-,23-,26-,27-,29+,30+/m1/s1. The molecule has 6 aliphatic carbocycles. The van der Waals surface area contributed by atoms with Crippen LogP contribution >= 0.6 is 0 Å². The van der Waals surface area contributed by atoms with Crippen LogP contribution in [0.15, 0.2) is 84.5 Å². The molecule has 31 heavy (non-hydrogen) atoms. The van der Waals surface area contributed by atoms with Crippen LogP contribution in [0.25, 0.3) is 11.1 Å². The van der Waals surface area contributed by atoms with E-state index in [1.165, 1.54) is 27.8 Å². The molecule has 0 aliphatic heterocycles. The van der Waals surface area contributed by atoms with Crippen LogP contribution in [-0.2, 0) is 4.79 Å². The number of carbonyl (C=O) groups is 1. The lowest BCUT2D eigenvalue weighted by Gasteiger charge is -2.65. The average molecular weight is 405 g/mol. The highest BCUT2D eigenvalue weighted by Gasteiger charge is 2.81. The van der Waals surface area contributed by atoms with E-state index in [9.17, 15) is 4.79 Å². The number of carbonyl (C=O) groups excluding carboxylic acids is 1. The zero-order chi connectivity index (χ0) is 21.1. The minimum Gasteiger partial charge on any atom is -0.298 e. The van der Waals surface area contributed by atoms with Gasteiger partial charge < -0.3 is 0 Å². The van der Waals surface area contributed by atoms with Crippen LogP contribution < -0.4 is 0 Å². The molecule has 0 aromatic heterocycles. The predicted octanol–water partition coefficient (Wildman–Crippen LogP) is 6.45. The Kier molecular flexibility index (Phi) is 3.23. The Labute approximate surface area is 184 Å². The fourth-order valence-electron chi connectivity index (χ4n) is 8.82. The Morgan fingerprint density at radius 3 is 1.74 bits per heavy atom. The van der Waals surface area contributed by atoms with Gasteiger partial charge in [0.2, 0.25) is 0 Å². The molecular formula is C30H28O. The molecule has 0 unspecified atom stereocenters. The minimum absolute atomic E-state index is 0.403. The van der Waals surface area contributed by atoms with Crippen LogP contribution in [0.1, 0.15) is 31.9 Å². The fraction of sp³-hybridized carbons (Fsp3) is 0.367. The van der Waals surface area contributed by atoms with Crippen LogP contribution in [0.3, 0.4) is 0 Å². The zero-order valence-corrected chi connectivity index (χ0v) is 18.4. The van der Waals surface area contributed by atoms with E-state index in [1.54, 1.807) is 0 Å². The fourth-order valence-corrected chi connectivity index (χ4v) is 8.82. The molecule has 8 rings (SSSR count). The Balaban J connectivity index is 1.52. The molecule has 2 saturated carbocycles. The maximum Gasteiger partial charge on any atom is 0.153 e. The molecule has 0 spiro atoms. The second kappa shape index (κ2) is 5.57. The molecule has 0 N–H and O–H groups in total. The van der Waals surface area contributed by atoms with Gasteiger partial charge in [-0.1, -0.05) is 84.5 Å². The molecule has 2 aromatic rings. The summed E-state index contributed by atoms with van der Waals surface area (Å²) in [6, 6.07) is 21.5. The van der Waals surface area contributed by atoms with E-state index in [0.717, 1.165) is 0 Å². The molecule has 6 aliphatic rings. The zero-order valence-electron chi connectivity index (χ0n) is 18.4. The van der Waals surface area contributed by atoms with Crippen molar-refractivity contribution in [3.8, 4) is 0 Å². The van der Waals surface area contributed by atoms with Gasteiger partial charge in [0.15, 0.2) is 5.78 Å². The SMILES string of the molecule is CC1=C[C@H]2C=C[C@H]1[C@@H]1[C@@H]2[C@@H]2[C@@H]1[C@@]1(C)C(=O)[C@@]2(C)C(c2ccccc2)=C1c1ccccc1. The number of rotatable bonds is 2. The molecule has 2 aromatic carbocycles. The quantitative estimate of drug-likeness (QED) is 0.526. The Bertz CT molecular complexity index is 1220. The summed E-state index contributed by atoms with van der Waals surface area (Å²) in [5.74, 6) is 3.59. The van der Waals surface area contributed by atoms with E-state index in [1.807, 2.05) is 0 Å². The molecule has 4 bridgehead atoms. The van der Waals surface area contributed by atoms with E-state index in [2.05, 4.69) is 99.7 Å².